The van der Waals surface area contributed by atoms with E-state index in [1.165, 1.54) is 5.56 Å². The van der Waals surface area contributed by atoms with E-state index in [2.05, 4.69) is 17.1 Å². The highest BCUT2D eigenvalue weighted by Crippen LogP contribution is 2.49. The number of pyridine rings is 1. The first-order chi connectivity index (χ1) is 14.0. The van der Waals surface area contributed by atoms with Crippen LogP contribution in [0.4, 0.5) is 4.79 Å². The third-order valence-electron chi connectivity index (χ3n) is 5.25. The van der Waals surface area contributed by atoms with E-state index in [0.717, 1.165) is 11.8 Å². The number of rotatable bonds is 7. The van der Waals surface area contributed by atoms with Crippen LogP contribution in [0.1, 0.15) is 12.0 Å². The zero-order valence-electron chi connectivity index (χ0n) is 15.9. The predicted octanol–water partition coefficient (Wildman–Crippen LogP) is 4.37. The number of nitrogens with two attached hydrogens (primary N) is 1. The van der Waals surface area contributed by atoms with Gasteiger partial charge in [-0.15, -0.1) is 0 Å². The summed E-state index contributed by atoms with van der Waals surface area (Å²) in [6, 6.07) is 15.3. The first kappa shape index (κ1) is 19.3. The summed E-state index contributed by atoms with van der Waals surface area (Å²) in [5.41, 5.74) is 6.44. The molecule has 2 unspecified atom stereocenters. The number of primary amides is 1. The van der Waals surface area contributed by atoms with Gasteiger partial charge in [0.2, 0.25) is 0 Å². The Morgan fingerprint density at radius 2 is 2.03 bits per heavy atom. The molecule has 7 heteroatoms. The Morgan fingerprint density at radius 3 is 2.76 bits per heavy atom. The van der Waals surface area contributed by atoms with Crippen molar-refractivity contribution in [3.05, 3.63) is 65.3 Å². The second-order valence-electron chi connectivity index (χ2n) is 7.18. The largest absolute Gasteiger partial charge is 0.493 e. The average Bonchev–Trinajstić information content (AvgIpc) is 3.37. The molecule has 2 N–H and O–H groups in total. The van der Waals surface area contributed by atoms with Crippen molar-refractivity contribution in [2.24, 2.45) is 11.7 Å². The summed E-state index contributed by atoms with van der Waals surface area (Å²) in [4.78, 5) is 15.8. The van der Waals surface area contributed by atoms with Crippen LogP contribution in [-0.2, 0) is 11.2 Å². The number of aromatic nitrogens is 1. The lowest BCUT2D eigenvalue weighted by atomic mass is 10.1. The van der Waals surface area contributed by atoms with E-state index in [9.17, 15) is 4.79 Å². The van der Waals surface area contributed by atoms with Crippen LogP contribution in [0.15, 0.2) is 54.7 Å². The van der Waals surface area contributed by atoms with E-state index in [1.54, 1.807) is 31.5 Å². The highest BCUT2D eigenvalue weighted by atomic mass is 35.5. The number of carbonyl (C=O) groups is 1. The van der Waals surface area contributed by atoms with E-state index in [-0.39, 0.29) is 12.5 Å². The fourth-order valence-corrected chi connectivity index (χ4v) is 3.85. The van der Waals surface area contributed by atoms with Crippen molar-refractivity contribution in [3.8, 4) is 11.5 Å². The highest BCUT2D eigenvalue weighted by Gasteiger charge is 2.58. The molecule has 0 aliphatic heterocycles. The molecule has 1 aliphatic rings. The molecular formula is C22H21ClN2O4. The van der Waals surface area contributed by atoms with Crippen LogP contribution in [0.2, 0.25) is 5.02 Å². The van der Waals surface area contributed by atoms with Crippen LogP contribution >= 0.6 is 11.6 Å². The van der Waals surface area contributed by atoms with Crippen LogP contribution in [0, 0.1) is 5.92 Å². The molecule has 3 aromatic rings. The van der Waals surface area contributed by atoms with E-state index < -0.39 is 11.7 Å². The standard InChI is InChI=1S/C22H21ClN2O4/c1-27-19-10-16-17(23)7-8-25-18(16)11-20(19)28-13-22(29-21(24)26)12-15(22)9-14-5-3-2-4-6-14/h2-8,10-11,15H,9,12-13H2,1H3,(H2,24,26). The number of hydrogen-bond acceptors (Lipinski definition) is 5. The number of benzene rings is 2. The van der Waals surface area contributed by atoms with Crippen molar-refractivity contribution in [1.29, 1.82) is 0 Å². The van der Waals surface area contributed by atoms with Crippen molar-refractivity contribution in [2.45, 2.75) is 18.4 Å². The van der Waals surface area contributed by atoms with Gasteiger partial charge in [0, 0.05) is 23.6 Å². The molecule has 150 valence electrons. The molecule has 6 nitrogen and oxygen atoms in total. The molecule has 1 amide bonds. The number of halogens is 1. The Hall–Kier alpha value is -2.99. The summed E-state index contributed by atoms with van der Waals surface area (Å²) >= 11 is 6.24. The fraction of sp³-hybridized carbons (Fsp3) is 0.273. The van der Waals surface area contributed by atoms with Gasteiger partial charge >= 0.3 is 6.09 Å². The number of hydrogen-bond donors (Lipinski definition) is 1. The molecule has 0 radical (unpaired) electrons. The molecule has 0 bridgehead atoms. The van der Waals surface area contributed by atoms with Crippen LogP contribution < -0.4 is 15.2 Å². The van der Waals surface area contributed by atoms with Crippen molar-refractivity contribution in [2.75, 3.05) is 13.7 Å². The van der Waals surface area contributed by atoms with Gasteiger partial charge in [0.1, 0.15) is 6.61 Å². The summed E-state index contributed by atoms with van der Waals surface area (Å²) in [6.45, 7) is 0.176. The second kappa shape index (κ2) is 7.79. The number of nitrogens with zero attached hydrogens (tertiary/aromatic N) is 1. The molecule has 1 saturated carbocycles. The molecule has 1 fully saturated rings. The maximum absolute atomic E-state index is 11.5. The summed E-state index contributed by atoms with van der Waals surface area (Å²) < 4.78 is 17.0. The number of methoxy groups -OCH3 is 1. The van der Waals surface area contributed by atoms with Gasteiger partial charge in [0.25, 0.3) is 0 Å². The van der Waals surface area contributed by atoms with Crippen molar-refractivity contribution >= 4 is 28.6 Å². The van der Waals surface area contributed by atoms with Crippen LogP contribution in [0.5, 0.6) is 11.5 Å². The summed E-state index contributed by atoms with van der Waals surface area (Å²) in [5.74, 6) is 1.17. The third-order valence-corrected chi connectivity index (χ3v) is 5.58. The number of carbonyl (C=O) groups excluding carboxylic acids is 1. The van der Waals surface area contributed by atoms with Gasteiger partial charge in [-0.1, -0.05) is 41.9 Å². The normalized spacial score (nSPS) is 20.3. The molecule has 29 heavy (non-hydrogen) atoms. The smallest absolute Gasteiger partial charge is 0.405 e. The summed E-state index contributed by atoms with van der Waals surface area (Å²) in [5, 5.41) is 1.35. The minimum atomic E-state index is -0.803. The molecular weight excluding hydrogens is 392 g/mol. The number of amides is 1. The van der Waals surface area contributed by atoms with Crippen LogP contribution in [0.25, 0.3) is 10.9 Å². The summed E-state index contributed by atoms with van der Waals surface area (Å²) in [7, 11) is 1.56. The molecule has 1 aliphatic carbocycles. The quantitative estimate of drug-likeness (QED) is 0.622. The first-order valence-electron chi connectivity index (χ1n) is 9.28. The predicted molar refractivity (Wildman–Crippen MR) is 110 cm³/mol. The topological polar surface area (TPSA) is 83.7 Å². The van der Waals surface area contributed by atoms with Crippen LogP contribution in [0.3, 0.4) is 0 Å². The highest BCUT2D eigenvalue weighted by molar-refractivity contribution is 6.35. The minimum absolute atomic E-state index is 0.136. The lowest BCUT2D eigenvalue weighted by Crippen LogP contribution is -2.32. The molecule has 2 atom stereocenters. The third kappa shape index (κ3) is 4.07. The van der Waals surface area contributed by atoms with E-state index in [4.69, 9.17) is 31.5 Å². The Morgan fingerprint density at radius 1 is 1.24 bits per heavy atom. The maximum Gasteiger partial charge on any atom is 0.405 e. The van der Waals surface area contributed by atoms with Crippen molar-refractivity contribution in [3.63, 3.8) is 0 Å². The molecule has 1 heterocycles. The van der Waals surface area contributed by atoms with Crippen molar-refractivity contribution < 1.29 is 19.0 Å². The van der Waals surface area contributed by atoms with Crippen LogP contribution in [-0.4, -0.2) is 30.4 Å². The number of fused-ring (bicyclic) bond motifs is 1. The molecule has 0 spiro atoms. The van der Waals surface area contributed by atoms with Crippen molar-refractivity contribution in [1.82, 2.24) is 4.98 Å². The zero-order chi connectivity index (χ0) is 20.4. The zero-order valence-corrected chi connectivity index (χ0v) is 16.7. The fourth-order valence-electron chi connectivity index (χ4n) is 3.64. The second-order valence-corrected chi connectivity index (χ2v) is 7.59. The maximum atomic E-state index is 11.5. The average molecular weight is 413 g/mol. The summed E-state index contributed by atoms with van der Waals surface area (Å²) in [6.07, 6.45) is 2.30. The molecule has 4 rings (SSSR count). The number of ether oxygens (including phenoxy) is 3. The SMILES string of the molecule is COc1cc2c(Cl)ccnc2cc1OCC1(OC(N)=O)CC1Cc1ccccc1. The molecule has 2 aromatic carbocycles. The van der Waals surface area contributed by atoms with Gasteiger partial charge in [-0.05, 0) is 30.5 Å². The van der Waals surface area contributed by atoms with Gasteiger partial charge in [0.05, 0.1) is 17.6 Å². The minimum Gasteiger partial charge on any atom is -0.493 e. The first-order valence-corrected chi connectivity index (χ1v) is 9.66. The molecule has 1 aromatic heterocycles. The Kier molecular flexibility index (Phi) is 5.20. The van der Waals surface area contributed by atoms with E-state index in [1.807, 2.05) is 18.2 Å². The van der Waals surface area contributed by atoms with Gasteiger partial charge in [-0.25, -0.2) is 4.79 Å². The van der Waals surface area contributed by atoms with E-state index in [0.29, 0.717) is 28.5 Å². The lowest BCUT2D eigenvalue weighted by Gasteiger charge is -2.20. The van der Waals surface area contributed by atoms with Gasteiger partial charge < -0.3 is 19.9 Å². The van der Waals surface area contributed by atoms with Gasteiger partial charge in [0.15, 0.2) is 17.1 Å². The van der Waals surface area contributed by atoms with E-state index >= 15 is 0 Å². The Balaban J connectivity index is 1.54. The monoisotopic (exact) mass is 412 g/mol. The van der Waals surface area contributed by atoms with Gasteiger partial charge in [-0.2, -0.15) is 0 Å². The molecule has 0 saturated heterocycles. The lowest BCUT2D eigenvalue weighted by molar-refractivity contribution is 0.0426. The Labute approximate surface area is 173 Å². The Bertz CT molecular complexity index is 1040. The van der Waals surface area contributed by atoms with Gasteiger partial charge in [-0.3, -0.25) is 4.98 Å².